The van der Waals surface area contributed by atoms with E-state index in [-0.39, 0.29) is 29.8 Å². The van der Waals surface area contributed by atoms with Gasteiger partial charge in [-0.25, -0.2) is 8.42 Å². The third-order valence-corrected chi connectivity index (χ3v) is 8.99. The van der Waals surface area contributed by atoms with Gasteiger partial charge in [-0.15, -0.1) is 0 Å². The van der Waals surface area contributed by atoms with Gasteiger partial charge in [-0.1, -0.05) is 24.3 Å². The average molecular weight is 521 g/mol. The van der Waals surface area contributed by atoms with Crippen LogP contribution in [0, 0.1) is 0 Å². The molecule has 1 N–H and O–H groups in total. The minimum atomic E-state index is -3.71. The van der Waals surface area contributed by atoms with Gasteiger partial charge in [0.25, 0.3) is 0 Å². The Balaban J connectivity index is 1.18. The number of para-hydroxylation sites is 1. The van der Waals surface area contributed by atoms with E-state index in [4.69, 9.17) is 9.47 Å². The van der Waals surface area contributed by atoms with Crippen LogP contribution in [0.25, 0.3) is 10.9 Å². The minimum Gasteiger partial charge on any atom is -0.486 e. The summed E-state index contributed by atoms with van der Waals surface area (Å²) in [6.07, 6.45) is 1.75. The molecule has 37 heavy (non-hydrogen) atoms. The number of nitrogens with one attached hydrogen (secondary N) is 1. The van der Waals surface area contributed by atoms with Crippen molar-refractivity contribution in [2.24, 2.45) is 0 Å². The van der Waals surface area contributed by atoms with Crippen LogP contribution in [0.3, 0.4) is 0 Å². The van der Waals surface area contributed by atoms with Gasteiger partial charge in [-0.05, 0) is 42.0 Å². The first-order valence-corrected chi connectivity index (χ1v) is 13.8. The lowest BCUT2D eigenvalue weighted by molar-refractivity contribution is -0.131. The molecule has 3 aromatic rings. The van der Waals surface area contributed by atoms with E-state index in [1.54, 1.807) is 18.3 Å². The first-order chi connectivity index (χ1) is 18.0. The van der Waals surface area contributed by atoms with Gasteiger partial charge in [0.2, 0.25) is 15.9 Å². The predicted octanol–water partition coefficient (Wildman–Crippen LogP) is 2.15. The fourth-order valence-corrected chi connectivity index (χ4v) is 6.81. The highest BCUT2D eigenvalue weighted by Gasteiger charge is 2.39. The summed E-state index contributed by atoms with van der Waals surface area (Å²) in [5.41, 5.74) is 3.71. The molecule has 0 spiro atoms. The summed E-state index contributed by atoms with van der Waals surface area (Å²) < 4.78 is 39.3. The molecule has 4 heterocycles. The van der Waals surface area contributed by atoms with Gasteiger partial charge >= 0.3 is 0 Å². The number of sulfonamides is 1. The van der Waals surface area contributed by atoms with Crippen molar-refractivity contribution in [3.8, 4) is 11.5 Å². The summed E-state index contributed by atoms with van der Waals surface area (Å²) in [6.45, 7) is 2.75. The molecular weight excluding hydrogens is 492 g/mol. The van der Waals surface area contributed by atoms with Gasteiger partial charge in [-0.3, -0.25) is 9.78 Å². The van der Waals surface area contributed by atoms with Crippen LogP contribution in [0.1, 0.15) is 11.5 Å². The number of amides is 1. The van der Waals surface area contributed by atoms with Crippen molar-refractivity contribution in [1.82, 2.24) is 19.5 Å². The molecular formula is C27H28N4O5S. The first-order valence-electron chi connectivity index (χ1n) is 12.3. The third kappa shape index (κ3) is 4.24. The Hall–Kier alpha value is -3.47. The zero-order chi connectivity index (χ0) is 25.6. The summed E-state index contributed by atoms with van der Waals surface area (Å²) in [7, 11) is -1.87. The summed E-state index contributed by atoms with van der Waals surface area (Å²) in [5.74, 6) is 0.630. The molecule has 6 rings (SSSR count). The molecule has 0 saturated heterocycles. The molecule has 0 saturated carbocycles. The number of fused-ring (bicyclic) bond motifs is 2. The van der Waals surface area contributed by atoms with Gasteiger partial charge in [0.05, 0.1) is 16.3 Å². The Bertz CT molecular complexity index is 1500. The van der Waals surface area contributed by atoms with E-state index in [9.17, 15) is 13.2 Å². The van der Waals surface area contributed by atoms with Crippen molar-refractivity contribution in [2.45, 2.75) is 10.8 Å². The highest BCUT2D eigenvalue weighted by molar-refractivity contribution is 7.89. The maximum atomic E-state index is 13.7. The number of hydrogen-bond acceptors (Lipinski definition) is 7. The van der Waals surface area contributed by atoms with E-state index in [2.05, 4.69) is 10.3 Å². The van der Waals surface area contributed by atoms with Crippen LogP contribution in [-0.2, 0) is 14.8 Å². The molecule has 2 aromatic carbocycles. The molecule has 3 aliphatic rings. The number of hydrogen-bond donors (Lipinski definition) is 1. The fraction of sp³-hybridized carbons (Fsp3) is 0.333. The van der Waals surface area contributed by atoms with Crippen molar-refractivity contribution >= 4 is 26.8 Å². The Morgan fingerprint density at radius 1 is 1.00 bits per heavy atom. The monoisotopic (exact) mass is 520 g/mol. The molecule has 9 nitrogen and oxygen atoms in total. The molecule has 1 amide bonds. The molecule has 1 atom stereocenters. The molecule has 1 aromatic heterocycles. The number of carbonyl (C=O) groups is 1. The van der Waals surface area contributed by atoms with Crippen LogP contribution in [0.15, 0.2) is 70.8 Å². The summed E-state index contributed by atoms with van der Waals surface area (Å²) in [6, 6.07) is 14.5. The second-order valence-electron chi connectivity index (χ2n) is 9.51. The topological polar surface area (TPSA) is 101 Å². The maximum Gasteiger partial charge on any atom is 0.243 e. The van der Waals surface area contributed by atoms with Gasteiger partial charge in [0.15, 0.2) is 11.5 Å². The highest BCUT2D eigenvalue weighted by Crippen LogP contribution is 2.36. The Kier molecular flexibility index (Phi) is 6.10. The Labute approximate surface area is 215 Å². The number of ether oxygens (including phenoxy) is 2. The number of benzene rings is 2. The maximum absolute atomic E-state index is 13.7. The molecule has 3 aliphatic heterocycles. The van der Waals surface area contributed by atoms with Crippen molar-refractivity contribution in [3.63, 3.8) is 0 Å². The number of carbonyl (C=O) groups excluding carboxylic acids is 1. The smallest absolute Gasteiger partial charge is 0.243 e. The van der Waals surface area contributed by atoms with Crippen molar-refractivity contribution in [2.75, 3.05) is 53.0 Å². The van der Waals surface area contributed by atoms with Crippen LogP contribution in [0.4, 0.5) is 0 Å². The molecule has 0 aliphatic carbocycles. The van der Waals surface area contributed by atoms with Crippen molar-refractivity contribution in [3.05, 3.63) is 71.4 Å². The quantitative estimate of drug-likeness (QED) is 0.497. The van der Waals surface area contributed by atoms with Gasteiger partial charge in [0, 0.05) is 50.4 Å². The molecule has 0 fully saturated rings. The molecule has 10 heteroatoms. The zero-order valence-electron chi connectivity index (χ0n) is 20.5. The lowest BCUT2D eigenvalue weighted by atomic mass is 9.94. The predicted molar refractivity (Wildman–Crippen MR) is 138 cm³/mol. The van der Waals surface area contributed by atoms with Crippen LogP contribution < -0.4 is 14.8 Å². The third-order valence-electron chi connectivity index (χ3n) is 7.21. The summed E-state index contributed by atoms with van der Waals surface area (Å²) in [4.78, 5) is 20.3. The van der Waals surface area contributed by atoms with Crippen molar-refractivity contribution in [1.29, 1.82) is 0 Å². The first kappa shape index (κ1) is 23.9. The second-order valence-corrected chi connectivity index (χ2v) is 11.5. The number of likely N-dealkylation sites (N-methyl/N-ethyl adjacent to an activating group) is 1. The normalized spacial score (nSPS) is 18.4. The molecule has 0 bridgehead atoms. The van der Waals surface area contributed by atoms with E-state index in [1.807, 2.05) is 42.3 Å². The largest absolute Gasteiger partial charge is 0.486 e. The van der Waals surface area contributed by atoms with E-state index in [0.717, 1.165) is 27.6 Å². The standard InChI is InChI=1S/C27H28N4O5S/c1-28-13-23(22-6-2-4-18-5-3-9-29-26(18)22)27(32)30-14-19-16-31(17-20(19)15-30)37(33,34)21-7-8-24-25(12-21)36-11-10-35-24/h2-9,12,23,28H,10-11,13-17H2,1H3. The number of pyridine rings is 1. The number of rotatable bonds is 6. The van der Waals surface area contributed by atoms with E-state index in [1.165, 1.54) is 10.4 Å². The second kappa shape index (κ2) is 9.44. The fourth-order valence-electron chi connectivity index (χ4n) is 5.37. The van der Waals surface area contributed by atoms with Gasteiger partial charge in [0.1, 0.15) is 13.2 Å². The SMILES string of the molecule is CNCC(C(=O)N1CC2=C(C1)CN(S(=O)(=O)c1ccc3c(c1)OCCO3)C2)c1cccc2cccnc12. The van der Waals surface area contributed by atoms with Crippen molar-refractivity contribution < 1.29 is 22.7 Å². The van der Waals surface area contributed by atoms with Crippen LogP contribution in [0.2, 0.25) is 0 Å². The summed E-state index contributed by atoms with van der Waals surface area (Å²) >= 11 is 0. The lowest BCUT2D eigenvalue weighted by Gasteiger charge is -2.27. The average Bonchev–Trinajstić information content (AvgIpc) is 3.51. The Morgan fingerprint density at radius 2 is 1.73 bits per heavy atom. The number of aromatic nitrogens is 1. The summed E-state index contributed by atoms with van der Waals surface area (Å²) in [5, 5.41) is 4.15. The van der Waals surface area contributed by atoms with E-state index < -0.39 is 10.0 Å². The highest BCUT2D eigenvalue weighted by atomic mass is 32.2. The number of nitrogens with zero attached hydrogens (tertiary/aromatic N) is 3. The van der Waals surface area contributed by atoms with E-state index in [0.29, 0.717) is 44.3 Å². The molecule has 1 unspecified atom stereocenters. The van der Waals surface area contributed by atoms with Gasteiger partial charge in [-0.2, -0.15) is 4.31 Å². The minimum absolute atomic E-state index is 0.0168. The molecule has 0 radical (unpaired) electrons. The van der Waals surface area contributed by atoms with E-state index >= 15 is 0 Å². The zero-order valence-corrected chi connectivity index (χ0v) is 21.3. The van der Waals surface area contributed by atoms with Gasteiger partial charge < -0.3 is 19.7 Å². The van der Waals surface area contributed by atoms with Crippen LogP contribution in [-0.4, -0.2) is 81.5 Å². The molecule has 192 valence electrons. The van der Waals surface area contributed by atoms with Crippen LogP contribution in [0.5, 0.6) is 11.5 Å². The Morgan fingerprint density at radius 3 is 2.49 bits per heavy atom. The lowest BCUT2D eigenvalue weighted by Crippen LogP contribution is -2.40. The van der Waals surface area contributed by atoms with Crippen LogP contribution >= 0.6 is 0 Å².